The number of H-pyrrole nitrogens is 1. The van der Waals surface area contributed by atoms with Gasteiger partial charge in [-0.25, -0.2) is 0 Å². The van der Waals surface area contributed by atoms with E-state index in [1.807, 2.05) is 24.3 Å². The molecule has 22 heavy (non-hydrogen) atoms. The largest absolute Gasteiger partial charge is 0.196 e. The zero-order chi connectivity index (χ0) is 15.5. The number of hydrogen-bond acceptors (Lipinski definition) is 3. The molecule has 3 aromatic rings. The van der Waals surface area contributed by atoms with E-state index in [0.29, 0.717) is 17.3 Å². The molecule has 0 atom stereocenters. The highest BCUT2D eigenvalue weighted by Gasteiger charge is 2.10. The molecule has 0 fully saturated rings. The highest BCUT2D eigenvalue weighted by atomic mass is 15.3. The molecule has 4 nitrogen and oxygen atoms in total. The standard InChI is InChI=1S/C18H16N4/c1-12(2)13-6-8-14(9-7-13)15-4-3-5-16(10-15)18-17(11-19)20-22-21-18/h3-10,12H,1-2H3,(H,20,21,22). The van der Waals surface area contributed by atoms with Crippen molar-refractivity contribution in [3.63, 3.8) is 0 Å². The average Bonchev–Trinajstić information content (AvgIpc) is 3.04. The molecule has 0 aliphatic carbocycles. The van der Waals surface area contributed by atoms with Gasteiger partial charge in [0.2, 0.25) is 0 Å². The minimum atomic E-state index is 0.312. The second kappa shape index (κ2) is 5.82. The topological polar surface area (TPSA) is 65.4 Å². The Hall–Kier alpha value is -2.93. The number of nitrogens with zero attached hydrogens (tertiary/aromatic N) is 3. The Morgan fingerprint density at radius 3 is 2.36 bits per heavy atom. The van der Waals surface area contributed by atoms with E-state index in [0.717, 1.165) is 16.7 Å². The zero-order valence-corrected chi connectivity index (χ0v) is 12.5. The Labute approximate surface area is 129 Å². The molecule has 1 heterocycles. The maximum absolute atomic E-state index is 9.06. The summed E-state index contributed by atoms with van der Waals surface area (Å²) < 4.78 is 0. The Morgan fingerprint density at radius 2 is 1.68 bits per heavy atom. The van der Waals surface area contributed by atoms with E-state index in [1.54, 1.807) is 0 Å². The Balaban J connectivity index is 1.99. The molecule has 108 valence electrons. The lowest BCUT2D eigenvalue weighted by atomic mass is 9.97. The number of aromatic nitrogens is 3. The van der Waals surface area contributed by atoms with Crippen LogP contribution in [-0.2, 0) is 0 Å². The number of nitrogens with one attached hydrogen (secondary N) is 1. The number of nitriles is 1. The molecule has 0 radical (unpaired) electrons. The molecule has 1 aromatic heterocycles. The first-order valence-electron chi connectivity index (χ1n) is 7.20. The van der Waals surface area contributed by atoms with Crippen molar-refractivity contribution in [1.82, 2.24) is 15.4 Å². The molecule has 0 aliphatic heterocycles. The summed E-state index contributed by atoms with van der Waals surface area (Å²) in [5.41, 5.74) is 5.35. The van der Waals surface area contributed by atoms with Crippen LogP contribution in [0.15, 0.2) is 48.5 Å². The fourth-order valence-electron chi connectivity index (χ4n) is 2.42. The molecule has 0 unspecified atom stereocenters. The summed E-state index contributed by atoms with van der Waals surface area (Å²) >= 11 is 0. The highest BCUT2D eigenvalue weighted by Crippen LogP contribution is 2.27. The summed E-state index contributed by atoms with van der Waals surface area (Å²) in [7, 11) is 0. The Morgan fingerprint density at radius 1 is 0.955 bits per heavy atom. The predicted molar refractivity (Wildman–Crippen MR) is 86.1 cm³/mol. The molecule has 0 saturated carbocycles. The van der Waals surface area contributed by atoms with Crippen molar-refractivity contribution < 1.29 is 0 Å². The summed E-state index contributed by atoms with van der Waals surface area (Å²) in [4.78, 5) is 0. The van der Waals surface area contributed by atoms with Gasteiger partial charge in [0, 0.05) is 5.56 Å². The molecule has 0 aliphatic rings. The monoisotopic (exact) mass is 288 g/mol. The predicted octanol–water partition coefficient (Wildman–Crippen LogP) is 4.13. The first-order chi connectivity index (χ1) is 10.7. The summed E-state index contributed by atoms with van der Waals surface area (Å²) in [5.74, 6) is 0.522. The molecule has 0 spiro atoms. The van der Waals surface area contributed by atoms with E-state index in [4.69, 9.17) is 5.26 Å². The second-order valence-electron chi connectivity index (χ2n) is 5.49. The van der Waals surface area contributed by atoms with Crippen molar-refractivity contribution in [3.05, 3.63) is 59.8 Å². The Bertz CT molecular complexity index is 823. The van der Waals surface area contributed by atoms with Crippen molar-refractivity contribution in [2.75, 3.05) is 0 Å². The van der Waals surface area contributed by atoms with Gasteiger partial charge in [-0.1, -0.05) is 56.3 Å². The number of benzene rings is 2. The van der Waals surface area contributed by atoms with Gasteiger partial charge in [-0.15, -0.1) is 5.10 Å². The van der Waals surface area contributed by atoms with Gasteiger partial charge in [0.25, 0.3) is 0 Å². The van der Waals surface area contributed by atoms with Crippen LogP contribution in [0.3, 0.4) is 0 Å². The maximum atomic E-state index is 9.06. The molecule has 4 heteroatoms. The number of hydrogen-bond donors (Lipinski definition) is 1. The van der Waals surface area contributed by atoms with Gasteiger partial charge in [0.1, 0.15) is 11.8 Å². The van der Waals surface area contributed by atoms with Gasteiger partial charge in [-0.05, 0) is 28.7 Å². The average molecular weight is 288 g/mol. The summed E-state index contributed by atoms with van der Waals surface area (Å²) in [6.07, 6.45) is 0. The van der Waals surface area contributed by atoms with E-state index >= 15 is 0 Å². The molecule has 0 bridgehead atoms. The van der Waals surface area contributed by atoms with Crippen LogP contribution < -0.4 is 0 Å². The van der Waals surface area contributed by atoms with E-state index in [9.17, 15) is 0 Å². The van der Waals surface area contributed by atoms with Gasteiger partial charge >= 0.3 is 0 Å². The van der Waals surface area contributed by atoms with Crippen molar-refractivity contribution >= 4 is 0 Å². The van der Waals surface area contributed by atoms with Gasteiger partial charge in [0.15, 0.2) is 5.69 Å². The van der Waals surface area contributed by atoms with Gasteiger partial charge in [-0.2, -0.15) is 15.6 Å². The minimum Gasteiger partial charge on any atom is -0.196 e. The summed E-state index contributed by atoms with van der Waals surface area (Å²) in [6, 6.07) is 18.6. The third-order valence-electron chi connectivity index (χ3n) is 3.70. The van der Waals surface area contributed by atoms with E-state index < -0.39 is 0 Å². The Kier molecular flexibility index (Phi) is 3.71. The number of rotatable bonds is 3. The fraction of sp³-hybridized carbons (Fsp3) is 0.167. The summed E-state index contributed by atoms with van der Waals surface area (Å²) in [5, 5.41) is 19.5. The van der Waals surface area contributed by atoms with Crippen LogP contribution >= 0.6 is 0 Å². The third kappa shape index (κ3) is 2.61. The van der Waals surface area contributed by atoms with Gasteiger partial charge in [-0.3, -0.25) is 0 Å². The quantitative estimate of drug-likeness (QED) is 0.788. The normalized spacial score (nSPS) is 10.6. The SMILES string of the molecule is CC(C)c1ccc(-c2cccc(-c3n[nH]nc3C#N)c2)cc1. The lowest BCUT2D eigenvalue weighted by molar-refractivity contribution is 0.867. The minimum absolute atomic E-state index is 0.312. The molecule has 1 N–H and O–H groups in total. The zero-order valence-electron chi connectivity index (χ0n) is 12.5. The first kappa shape index (κ1) is 14.0. The fourth-order valence-corrected chi connectivity index (χ4v) is 2.42. The molecule has 3 rings (SSSR count). The van der Waals surface area contributed by atoms with Crippen LogP contribution in [0.4, 0.5) is 0 Å². The molecule has 2 aromatic carbocycles. The number of aromatic amines is 1. The first-order valence-corrected chi connectivity index (χ1v) is 7.20. The van der Waals surface area contributed by atoms with Crippen LogP contribution in [0.5, 0.6) is 0 Å². The van der Waals surface area contributed by atoms with Crippen molar-refractivity contribution in [1.29, 1.82) is 5.26 Å². The maximum Gasteiger partial charge on any atom is 0.190 e. The highest BCUT2D eigenvalue weighted by molar-refractivity contribution is 5.73. The van der Waals surface area contributed by atoms with Crippen LogP contribution in [0.1, 0.15) is 31.0 Å². The smallest absolute Gasteiger partial charge is 0.190 e. The lowest BCUT2D eigenvalue weighted by Gasteiger charge is -2.08. The molecule has 0 amide bonds. The summed E-state index contributed by atoms with van der Waals surface area (Å²) in [6.45, 7) is 4.37. The van der Waals surface area contributed by atoms with Gasteiger partial charge < -0.3 is 0 Å². The van der Waals surface area contributed by atoms with Gasteiger partial charge in [0.05, 0.1) is 0 Å². The van der Waals surface area contributed by atoms with E-state index in [-0.39, 0.29) is 0 Å². The van der Waals surface area contributed by atoms with Crippen molar-refractivity contribution in [2.45, 2.75) is 19.8 Å². The van der Waals surface area contributed by atoms with Crippen LogP contribution in [-0.4, -0.2) is 15.4 Å². The molecular weight excluding hydrogens is 272 g/mol. The third-order valence-corrected chi connectivity index (χ3v) is 3.70. The molecule has 0 saturated heterocycles. The van der Waals surface area contributed by atoms with Crippen LogP contribution in [0.2, 0.25) is 0 Å². The van der Waals surface area contributed by atoms with E-state index in [2.05, 4.69) is 59.6 Å². The van der Waals surface area contributed by atoms with Crippen molar-refractivity contribution in [3.8, 4) is 28.5 Å². The van der Waals surface area contributed by atoms with Crippen LogP contribution in [0.25, 0.3) is 22.4 Å². The van der Waals surface area contributed by atoms with Crippen molar-refractivity contribution in [2.24, 2.45) is 0 Å². The van der Waals surface area contributed by atoms with Crippen LogP contribution in [0, 0.1) is 11.3 Å². The molecular formula is C18H16N4. The second-order valence-corrected chi connectivity index (χ2v) is 5.49. The lowest BCUT2D eigenvalue weighted by Crippen LogP contribution is -1.88. The van der Waals surface area contributed by atoms with E-state index in [1.165, 1.54) is 5.56 Å².